The van der Waals surface area contributed by atoms with Crippen LogP contribution in [0.2, 0.25) is 0 Å². The van der Waals surface area contributed by atoms with Crippen LogP contribution in [0.25, 0.3) is 0 Å². The topological polar surface area (TPSA) is 27.7 Å². The molecule has 0 aliphatic carbocycles. The van der Waals surface area contributed by atoms with Crippen LogP contribution in [-0.4, -0.2) is 30.5 Å². The van der Waals surface area contributed by atoms with Gasteiger partial charge in [0.25, 0.3) is 16.1 Å². The van der Waals surface area contributed by atoms with Gasteiger partial charge in [-0.2, -0.15) is 0 Å². The Hall–Kier alpha value is 0.0748. The van der Waals surface area contributed by atoms with Gasteiger partial charge in [-0.05, 0) is 0 Å². The van der Waals surface area contributed by atoms with Crippen LogP contribution in [0.4, 0.5) is 0 Å². The lowest BCUT2D eigenvalue weighted by Crippen LogP contribution is -2.22. The highest BCUT2D eigenvalue weighted by Crippen LogP contribution is 1.79. The lowest BCUT2D eigenvalue weighted by molar-refractivity contribution is 0.263. The largest absolute Gasteiger partial charge is 0.606 e. The summed E-state index contributed by atoms with van der Waals surface area (Å²) in [5.41, 5.74) is 0. The average molecular weight is 95.5 g/mol. The van der Waals surface area contributed by atoms with Crippen molar-refractivity contribution in [2.75, 3.05) is 7.11 Å². The van der Waals surface area contributed by atoms with Crippen LogP contribution >= 0.6 is 0 Å². The molecule has 34 valence electrons. The van der Waals surface area contributed by atoms with Crippen molar-refractivity contribution in [3.05, 3.63) is 0 Å². The summed E-state index contributed by atoms with van der Waals surface area (Å²) in [6.45, 7) is 0. The molecule has 0 aromatic carbocycles. The molecule has 0 saturated heterocycles. The van der Waals surface area contributed by atoms with Crippen molar-refractivity contribution in [1.29, 1.82) is 0 Å². The van der Waals surface area contributed by atoms with Gasteiger partial charge in [-0.1, -0.05) is 0 Å². The lowest BCUT2D eigenvalue weighted by atomic mass is 10.2. The Morgan fingerprint density at radius 3 is 1.71 bits per heavy atom. The summed E-state index contributed by atoms with van der Waals surface area (Å²) in [5, 5.41) is 0. The first-order valence-corrected chi connectivity index (χ1v) is 1.59. The predicted molar refractivity (Wildman–Crippen MR) is 26.4 cm³/mol. The van der Waals surface area contributed by atoms with Crippen LogP contribution in [0.1, 0.15) is 0 Å². The molecule has 4 radical (unpaired) electrons. The molecule has 0 saturated carbocycles. The van der Waals surface area contributed by atoms with Crippen LogP contribution in [-0.2, 0) is 13.8 Å². The van der Waals surface area contributed by atoms with E-state index in [-0.39, 0.29) is 0 Å². The van der Waals surface area contributed by atoms with E-state index in [2.05, 4.69) is 29.9 Å². The SMILES string of the molecule is [B]OB(O[B])OC. The molecule has 0 rings (SSSR count). The molecule has 0 aliphatic heterocycles. The van der Waals surface area contributed by atoms with Crippen LogP contribution in [0, 0.1) is 0 Å². The second-order valence-electron chi connectivity index (χ2n) is 0.797. The first-order chi connectivity index (χ1) is 3.35. The molecule has 0 N–H and O–H groups in total. The molecule has 0 aliphatic rings. The van der Waals surface area contributed by atoms with Crippen molar-refractivity contribution in [2.24, 2.45) is 0 Å². The van der Waals surface area contributed by atoms with E-state index in [0.29, 0.717) is 0 Å². The van der Waals surface area contributed by atoms with Gasteiger partial charge in [0.2, 0.25) is 0 Å². The van der Waals surface area contributed by atoms with Gasteiger partial charge < -0.3 is 13.8 Å². The van der Waals surface area contributed by atoms with Crippen LogP contribution in [0.5, 0.6) is 0 Å². The molecule has 6 heteroatoms. The molecule has 0 unspecified atom stereocenters. The molecule has 0 aromatic heterocycles. The summed E-state index contributed by atoms with van der Waals surface area (Å²) in [6, 6.07) is 0. The second kappa shape index (κ2) is 4.24. The molecular weight excluding hydrogens is 92.4 g/mol. The van der Waals surface area contributed by atoms with Gasteiger partial charge in [0.1, 0.15) is 0 Å². The van der Waals surface area contributed by atoms with E-state index >= 15 is 0 Å². The molecule has 0 atom stereocenters. The molecule has 0 aromatic rings. The Balaban J connectivity index is 2.99. The van der Waals surface area contributed by atoms with Crippen molar-refractivity contribution in [2.45, 2.75) is 0 Å². The van der Waals surface area contributed by atoms with E-state index in [4.69, 9.17) is 0 Å². The van der Waals surface area contributed by atoms with E-state index in [1.807, 2.05) is 0 Å². The van der Waals surface area contributed by atoms with E-state index < -0.39 is 7.32 Å². The molecule has 3 nitrogen and oxygen atoms in total. The molecule has 7 heavy (non-hydrogen) atoms. The van der Waals surface area contributed by atoms with Crippen molar-refractivity contribution in [1.82, 2.24) is 0 Å². The summed E-state index contributed by atoms with van der Waals surface area (Å²) in [4.78, 5) is 0. The highest BCUT2D eigenvalue weighted by Gasteiger charge is 2.10. The maximum Gasteiger partial charge on any atom is 0.606 e. The quantitative estimate of drug-likeness (QED) is 0.413. The van der Waals surface area contributed by atoms with Gasteiger partial charge in [0, 0.05) is 7.11 Å². The smallest absolute Gasteiger partial charge is 0.458 e. The number of hydrogen-bond acceptors (Lipinski definition) is 3. The Kier molecular flexibility index (Phi) is 4.28. The maximum absolute atomic E-state index is 4.56. The maximum atomic E-state index is 4.56. The van der Waals surface area contributed by atoms with E-state index in [9.17, 15) is 0 Å². The van der Waals surface area contributed by atoms with Gasteiger partial charge in [-0.3, -0.25) is 0 Å². The fraction of sp³-hybridized carbons (Fsp3) is 1.00. The Bertz CT molecular complexity index is 31.7. The van der Waals surface area contributed by atoms with Crippen LogP contribution < -0.4 is 0 Å². The third-order valence-electron chi connectivity index (χ3n) is 0.415. The normalized spacial score (nSPS) is 8.71. The summed E-state index contributed by atoms with van der Waals surface area (Å²) in [7, 11) is 9.52. The van der Waals surface area contributed by atoms with Gasteiger partial charge in [-0.25, -0.2) is 0 Å². The highest BCUT2D eigenvalue weighted by atomic mass is 16.7. The summed E-state index contributed by atoms with van der Waals surface area (Å²) >= 11 is 0. The lowest BCUT2D eigenvalue weighted by Gasteiger charge is -2.03. The standard InChI is InChI=1S/CH3B3O3/c1-5-4(6-2)7-3/h1H3. The third kappa shape index (κ3) is 2.73. The highest BCUT2D eigenvalue weighted by molar-refractivity contribution is 6.46. The third-order valence-corrected chi connectivity index (χ3v) is 0.415. The Morgan fingerprint density at radius 2 is 1.71 bits per heavy atom. The fourth-order valence-electron chi connectivity index (χ4n) is 0.143. The minimum absolute atomic E-state index is 0.958. The van der Waals surface area contributed by atoms with Gasteiger partial charge in [0.05, 0.1) is 0 Å². The van der Waals surface area contributed by atoms with Crippen molar-refractivity contribution in [3.63, 3.8) is 0 Å². The van der Waals surface area contributed by atoms with Crippen molar-refractivity contribution < 1.29 is 13.8 Å². The van der Waals surface area contributed by atoms with Crippen molar-refractivity contribution >= 4 is 23.4 Å². The summed E-state index contributed by atoms with van der Waals surface area (Å²) in [5.74, 6) is 0. The van der Waals surface area contributed by atoms with Crippen LogP contribution in [0.15, 0.2) is 0 Å². The van der Waals surface area contributed by atoms with Gasteiger partial charge in [0.15, 0.2) is 0 Å². The molecule has 0 bridgehead atoms. The number of rotatable bonds is 3. The molecule has 0 fully saturated rings. The zero-order valence-corrected chi connectivity index (χ0v) is 3.96. The van der Waals surface area contributed by atoms with Gasteiger partial charge in [-0.15, -0.1) is 0 Å². The molecule has 0 amide bonds. The number of hydrogen-bond donors (Lipinski definition) is 0. The molecule has 0 heterocycles. The fourth-order valence-corrected chi connectivity index (χ4v) is 0.143. The minimum Gasteiger partial charge on any atom is -0.458 e. The first kappa shape index (κ1) is 7.07. The monoisotopic (exact) mass is 96.0 g/mol. The first-order valence-electron chi connectivity index (χ1n) is 1.59. The Morgan fingerprint density at radius 1 is 1.29 bits per heavy atom. The van der Waals surface area contributed by atoms with Crippen LogP contribution in [0.3, 0.4) is 0 Å². The van der Waals surface area contributed by atoms with E-state index in [1.54, 1.807) is 0 Å². The Labute approximate surface area is 45.4 Å². The second-order valence-corrected chi connectivity index (χ2v) is 0.797. The molecular formula is CH3B3O3. The zero-order chi connectivity index (χ0) is 5.70. The van der Waals surface area contributed by atoms with Gasteiger partial charge >= 0.3 is 7.32 Å². The van der Waals surface area contributed by atoms with E-state index in [1.165, 1.54) is 7.11 Å². The average Bonchev–Trinajstić information content (AvgIpc) is 1.72. The van der Waals surface area contributed by atoms with E-state index in [0.717, 1.165) is 0 Å². The van der Waals surface area contributed by atoms with Crippen molar-refractivity contribution in [3.8, 4) is 0 Å². The summed E-state index contributed by atoms with van der Waals surface area (Å²) in [6.07, 6.45) is 0. The summed E-state index contributed by atoms with van der Waals surface area (Å²) < 4.78 is 12.3. The predicted octanol–water partition coefficient (Wildman–Crippen LogP) is -1.18. The molecule has 0 spiro atoms. The minimum atomic E-state index is -0.958. The zero-order valence-electron chi connectivity index (χ0n) is 3.96.